The van der Waals surface area contributed by atoms with Gasteiger partial charge in [-0.3, -0.25) is 0 Å². The minimum absolute atomic E-state index is 0.0808. The third-order valence-electron chi connectivity index (χ3n) is 4.64. The smallest absolute Gasteiger partial charge is 0.407 e. The van der Waals surface area contributed by atoms with Crippen LogP contribution in [0.25, 0.3) is 5.57 Å². The number of ether oxygens (including phenoxy) is 2. The van der Waals surface area contributed by atoms with Gasteiger partial charge in [0.25, 0.3) is 0 Å². The molecule has 5 nitrogen and oxygen atoms in total. The van der Waals surface area contributed by atoms with Crippen molar-refractivity contribution in [3.05, 3.63) is 65.8 Å². The highest BCUT2D eigenvalue weighted by atomic mass is 16.6. The lowest BCUT2D eigenvalue weighted by molar-refractivity contribution is -0.157. The summed E-state index contributed by atoms with van der Waals surface area (Å²) in [4.78, 5) is 24.6. The van der Waals surface area contributed by atoms with Crippen molar-refractivity contribution in [3.63, 3.8) is 0 Å². The third-order valence-corrected chi connectivity index (χ3v) is 4.64. The van der Waals surface area contributed by atoms with E-state index in [9.17, 15) is 9.59 Å². The molecule has 0 aromatic heterocycles. The van der Waals surface area contributed by atoms with Crippen LogP contribution >= 0.6 is 0 Å². The maximum atomic E-state index is 12.4. The summed E-state index contributed by atoms with van der Waals surface area (Å²) in [6, 6.07) is 7.30. The van der Waals surface area contributed by atoms with E-state index >= 15 is 0 Å². The first-order chi connectivity index (χ1) is 13.7. The highest BCUT2D eigenvalue weighted by Crippen LogP contribution is 2.43. The van der Waals surface area contributed by atoms with Crippen LogP contribution < -0.4 is 5.32 Å². The summed E-state index contributed by atoms with van der Waals surface area (Å²) in [5, 5.41) is 2.62. The largest absolute Gasteiger partial charge is 0.458 e. The standard InChI is InChI=1S/C24H31NO4/c1-7-12-17-16(8-2)18-13-10-11-14-19(18)20(17)15-28-23(27)25-21(9-3)22(26)29-24(4,5)6/h7-8,10-14,20-21H,2,9,15H2,1,3-6H3,(H,25,27)/b12-7-. The molecule has 0 bridgehead atoms. The number of hydrogen-bond acceptors (Lipinski definition) is 4. The summed E-state index contributed by atoms with van der Waals surface area (Å²) in [6.07, 6.45) is 5.61. The van der Waals surface area contributed by atoms with Crippen molar-refractivity contribution in [1.29, 1.82) is 0 Å². The van der Waals surface area contributed by atoms with Crippen LogP contribution in [0.5, 0.6) is 0 Å². The molecular weight excluding hydrogens is 366 g/mol. The van der Waals surface area contributed by atoms with Crippen molar-refractivity contribution in [3.8, 4) is 0 Å². The van der Waals surface area contributed by atoms with Gasteiger partial charge in [-0.15, -0.1) is 0 Å². The highest BCUT2D eigenvalue weighted by Gasteiger charge is 2.30. The van der Waals surface area contributed by atoms with Crippen LogP contribution in [0.15, 0.2) is 54.6 Å². The molecule has 1 aliphatic carbocycles. The van der Waals surface area contributed by atoms with Crippen molar-refractivity contribution in [2.75, 3.05) is 6.61 Å². The van der Waals surface area contributed by atoms with Gasteiger partial charge in [0.2, 0.25) is 0 Å². The number of hydrogen-bond donors (Lipinski definition) is 1. The Labute approximate surface area is 173 Å². The first-order valence-electron chi connectivity index (χ1n) is 9.96. The first-order valence-corrected chi connectivity index (χ1v) is 9.96. The number of carbonyl (C=O) groups is 2. The van der Waals surface area contributed by atoms with Crippen LogP contribution in [0.3, 0.4) is 0 Å². The predicted molar refractivity (Wildman–Crippen MR) is 116 cm³/mol. The number of benzene rings is 1. The number of carbonyl (C=O) groups excluding carboxylic acids is 2. The Hall–Kier alpha value is -2.82. The van der Waals surface area contributed by atoms with Crippen molar-refractivity contribution in [2.24, 2.45) is 0 Å². The van der Waals surface area contributed by atoms with E-state index < -0.39 is 23.7 Å². The van der Waals surface area contributed by atoms with E-state index in [4.69, 9.17) is 9.47 Å². The first kappa shape index (κ1) is 22.5. The minimum atomic E-state index is -0.744. The maximum Gasteiger partial charge on any atom is 0.407 e. The van der Waals surface area contributed by atoms with Crippen molar-refractivity contribution in [1.82, 2.24) is 5.32 Å². The van der Waals surface area contributed by atoms with Crippen LogP contribution in [0.2, 0.25) is 0 Å². The van der Waals surface area contributed by atoms with Gasteiger partial charge in [0.15, 0.2) is 0 Å². The Bertz CT molecular complexity index is 830. The Kier molecular flexibility index (Phi) is 7.43. The predicted octanol–water partition coefficient (Wildman–Crippen LogP) is 5.15. The van der Waals surface area contributed by atoms with Gasteiger partial charge >= 0.3 is 12.1 Å². The van der Waals surface area contributed by atoms with E-state index in [-0.39, 0.29) is 12.5 Å². The summed E-state index contributed by atoms with van der Waals surface area (Å²) in [7, 11) is 0. The number of esters is 1. The molecule has 5 heteroatoms. The van der Waals surface area contributed by atoms with Gasteiger partial charge in [0.05, 0.1) is 0 Å². The monoisotopic (exact) mass is 397 g/mol. The molecule has 0 heterocycles. The molecule has 1 amide bonds. The molecule has 0 fully saturated rings. The summed E-state index contributed by atoms with van der Waals surface area (Å²) in [6.45, 7) is 13.2. The third kappa shape index (κ3) is 5.59. The number of nitrogens with one attached hydrogen (secondary N) is 1. The number of rotatable bonds is 7. The van der Waals surface area contributed by atoms with Crippen molar-refractivity contribution >= 4 is 17.6 Å². The number of allylic oxidation sites excluding steroid dienone is 4. The van der Waals surface area contributed by atoms with Crippen LogP contribution in [0.4, 0.5) is 4.79 Å². The molecular formula is C24H31NO4. The zero-order valence-electron chi connectivity index (χ0n) is 18.0. The van der Waals surface area contributed by atoms with E-state index in [2.05, 4.69) is 11.9 Å². The van der Waals surface area contributed by atoms with Crippen molar-refractivity contribution < 1.29 is 19.1 Å². The van der Waals surface area contributed by atoms with Gasteiger partial charge in [-0.05, 0) is 56.4 Å². The highest BCUT2D eigenvalue weighted by molar-refractivity contribution is 5.86. The fourth-order valence-corrected chi connectivity index (χ4v) is 3.39. The average Bonchev–Trinajstić information content (AvgIpc) is 2.95. The molecule has 0 radical (unpaired) electrons. The number of fused-ring (bicyclic) bond motifs is 1. The molecule has 0 spiro atoms. The molecule has 1 aromatic carbocycles. The molecule has 2 rings (SSSR count). The zero-order valence-corrected chi connectivity index (χ0v) is 18.0. The van der Waals surface area contributed by atoms with E-state index in [0.29, 0.717) is 6.42 Å². The second kappa shape index (κ2) is 9.59. The van der Waals surface area contributed by atoms with Gasteiger partial charge in [-0.1, -0.05) is 56.0 Å². The van der Waals surface area contributed by atoms with Gasteiger partial charge < -0.3 is 14.8 Å². The normalized spacial score (nSPS) is 17.1. The molecule has 156 valence electrons. The molecule has 1 aliphatic rings. The van der Waals surface area contributed by atoms with Crippen LogP contribution in [-0.4, -0.2) is 30.3 Å². The topological polar surface area (TPSA) is 64.6 Å². The lowest BCUT2D eigenvalue weighted by atomic mass is 9.96. The Morgan fingerprint density at radius 3 is 2.55 bits per heavy atom. The van der Waals surface area contributed by atoms with E-state index in [0.717, 1.165) is 22.3 Å². The van der Waals surface area contributed by atoms with Crippen LogP contribution in [-0.2, 0) is 14.3 Å². The molecule has 2 atom stereocenters. The summed E-state index contributed by atoms with van der Waals surface area (Å²) in [5.74, 6) is -0.547. The van der Waals surface area contributed by atoms with E-state index in [1.165, 1.54) is 0 Å². The molecule has 0 aliphatic heterocycles. The molecule has 29 heavy (non-hydrogen) atoms. The van der Waals surface area contributed by atoms with Crippen LogP contribution in [0.1, 0.15) is 58.1 Å². The second-order valence-corrected chi connectivity index (χ2v) is 7.95. The summed E-state index contributed by atoms with van der Waals surface area (Å²) in [5.41, 5.74) is 3.70. The van der Waals surface area contributed by atoms with Crippen molar-refractivity contribution in [2.45, 2.75) is 58.6 Å². The molecule has 0 saturated heterocycles. The lowest BCUT2D eigenvalue weighted by Gasteiger charge is -2.24. The number of alkyl carbamates (subject to hydrolysis) is 1. The Balaban J connectivity index is 2.09. The van der Waals surface area contributed by atoms with Gasteiger partial charge in [-0.25, -0.2) is 9.59 Å². The Morgan fingerprint density at radius 2 is 1.97 bits per heavy atom. The molecule has 0 saturated carbocycles. The van der Waals surface area contributed by atoms with Gasteiger partial charge in [-0.2, -0.15) is 0 Å². The van der Waals surface area contributed by atoms with E-state index in [1.807, 2.05) is 56.3 Å². The molecule has 2 unspecified atom stereocenters. The summed E-state index contributed by atoms with van der Waals surface area (Å²) >= 11 is 0. The SMILES string of the molecule is C=CC1=C(/C=C\C)C(COC(=O)NC(CC)C(=O)OC(C)(C)C)c2ccccc21. The second-order valence-electron chi connectivity index (χ2n) is 7.95. The Morgan fingerprint density at radius 1 is 1.28 bits per heavy atom. The van der Waals surface area contributed by atoms with E-state index in [1.54, 1.807) is 20.8 Å². The average molecular weight is 398 g/mol. The molecule has 1 N–H and O–H groups in total. The fourth-order valence-electron chi connectivity index (χ4n) is 3.39. The molecule has 1 aromatic rings. The number of amides is 1. The lowest BCUT2D eigenvalue weighted by Crippen LogP contribution is -2.44. The van der Waals surface area contributed by atoms with Crippen LogP contribution in [0, 0.1) is 0 Å². The fraction of sp³-hybridized carbons (Fsp3) is 0.417. The minimum Gasteiger partial charge on any atom is -0.458 e. The maximum absolute atomic E-state index is 12.4. The quantitative estimate of drug-likeness (QED) is 0.647. The van der Waals surface area contributed by atoms with Gasteiger partial charge in [0, 0.05) is 5.92 Å². The zero-order chi connectivity index (χ0) is 21.6. The van der Waals surface area contributed by atoms with Gasteiger partial charge in [0.1, 0.15) is 18.2 Å². The summed E-state index contributed by atoms with van der Waals surface area (Å²) < 4.78 is 10.9.